The molecule has 0 atom stereocenters. The number of hydrogen-bond acceptors (Lipinski definition) is 4. The zero-order valence-electron chi connectivity index (χ0n) is 11.2. The minimum atomic E-state index is 0.912. The van der Waals surface area contributed by atoms with Crippen LogP contribution in [0, 0.1) is 6.92 Å². The third-order valence-corrected chi connectivity index (χ3v) is 3.64. The molecule has 0 aliphatic carbocycles. The normalized spacial score (nSPS) is 16.7. The Hall–Kier alpha value is -1.65. The van der Waals surface area contributed by atoms with Gasteiger partial charge in [-0.1, -0.05) is 29.4 Å². The van der Waals surface area contributed by atoms with Gasteiger partial charge in [0, 0.05) is 43.9 Å². The van der Waals surface area contributed by atoms with Gasteiger partial charge in [0.05, 0.1) is 6.20 Å². The molecule has 0 unspecified atom stereocenters. The van der Waals surface area contributed by atoms with E-state index >= 15 is 0 Å². The van der Waals surface area contributed by atoms with Crippen LogP contribution >= 0.6 is 0 Å². The Morgan fingerprint density at radius 3 is 2.84 bits per heavy atom. The first-order valence-corrected chi connectivity index (χ1v) is 6.77. The van der Waals surface area contributed by atoms with Gasteiger partial charge in [-0.3, -0.25) is 4.90 Å². The van der Waals surface area contributed by atoms with Crippen molar-refractivity contribution in [3.05, 3.63) is 41.6 Å². The molecule has 1 fully saturated rings. The van der Waals surface area contributed by atoms with Crippen LogP contribution < -0.4 is 5.32 Å². The van der Waals surface area contributed by atoms with Gasteiger partial charge in [-0.25, -0.2) is 0 Å². The molecule has 0 spiro atoms. The van der Waals surface area contributed by atoms with Gasteiger partial charge in [0.15, 0.2) is 5.76 Å². The number of piperazine rings is 1. The van der Waals surface area contributed by atoms with Gasteiger partial charge in [0.25, 0.3) is 0 Å². The summed E-state index contributed by atoms with van der Waals surface area (Å²) in [4.78, 5) is 2.44. The highest BCUT2D eigenvalue weighted by Gasteiger charge is 2.17. The molecule has 0 saturated carbocycles. The predicted octanol–water partition coefficient (Wildman–Crippen LogP) is 2.06. The lowest BCUT2D eigenvalue weighted by Gasteiger charge is -2.26. The highest BCUT2D eigenvalue weighted by Crippen LogP contribution is 2.27. The van der Waals surface area contributed by atoms with Gasteiger partial charge in [-0.15, -0.1) is 0 Å². The van der Waals surface area contributed by atoms with Crippen molar-refractivity contribution in [3.8, 4) is 11.3 Å². The number of aromatic nitrogens is 1. The molecule has 2 aromatic rings. The predicted molar refractivity (Wildman–Crippen MR) is 74.8 cm³/mol. The number of benzene rings is 1. The SMILES string of the molecule is Cc1ccccc1-c1oncc1CN1CCNCC1. The van der Waals surface area contributed by atoms with Crippen molar-refractivity contribution in [3.63, 3.8) is 0 Å². The molecule has 1 aliphatic rings. The number of hydrogen-bond donors (Lipinski definition) is 1. The molecule has 1 aliphatic heterocycles. The molecule has 4 heteroatoms. The van der Waals surface area contributed by atoms with E-state index in [0.29, 0.717) is 0 Å². The quantitative estimate of drug-likeness (QED) is 0.913. The summed E-state index contributed by atoms with van der Waals surface area (Å²) in [7, 11) is 0. The first kappa shape index (κ1) is 12.4. The lowest BCUT2D eigenvalue weighted by atomic mass is 10.0. The van der Waals surface area contributed by atoms with Crippen LogP contribution in [-0.4, -0.2) is 36.2 Å². The molecule has 1 aromatic carbocycles. The summed E-state index contributed by atoms with van der Waals surface area (Å²) < 4.78 is 5.48. The van der Waals surface area contributed by atoms with E-state index in [-0.39, 0.29) is 0 Å². The summed E-state index contributed by atoms with van der Waals surface area (Å²) in [5.41, 5.74) is 3.54. The Bertz CT molecular complexity index is 544. The molecule has 2 heterocycles. The first-order chi connectivity index (χ1) is 9.34. The summed E-state index contributed by atoms with van der Waals surface area (Å²) in [6, 6.07) is 8.29. The molecular weight excluding hydrogens is 238 g/mol. The Morgan fingerprint density at radius 1 is 1.26 bits per heavy atom. The Labute approximate surface area is 113 Å². The number of aryl methyl sites for hydroxylation is 1. The molecule has 1 aromatic heterocycles. The highest BCUT2D eigenvalue weighted by atomic mass is 16.5. The fourth-order valence-corrected chi connectivity index (χ4v) is 2.53. The van der Waals surface area contributed by atoms with Crippen LogP contribution in [0.3, 0.4) is 0 Å². The Kier molecular flexibility index (Phi) is 3.62. The van der Waals surface area contributed by atoms with E-state index in [9.17, 15) is 0 Å². The van der Waals surface area contributed by atoms with Crippen molar-refractivity contribution in [2.24, 2.45) is 0 Å². The van der Waals surface area contributed by atoms with Crippen molar-refractivity contribution in [1.29, 1.82) is 0 Å². The maximum Gasteiger partial charge on any atom is 0.171 e. The second-order valence-corrected chi connectivity index (χ2v) is 5.02. The van der Waals surface area contributed by atoms with Crippen LogP contribution in [0.15, 0.2) is 35.0 Å². The third-order valence-electron chi connectivity index (χ3n) is 3.64. The van der Waals surface area contributed by atoms with Crippen molar-refractivity contribution < 1.29 is 4.52 Å². The van der Waals surface area contributed by atoms with E-state index in [1.54, 1.807) is 0 Å². The van der Waals surface area contributed by atoms with Crippen LogP contribution in [0.25, 0.3) is 11.3 Å². The summed E-state index contributed by atoms with van der Waals surface area (Å²) in [6.07, 6.45) is 1.85. The van der Waals surface area contributed by atoms with E-state index in [1.165, 1.54) is 11.1 Å². The highest BCUT2D eigenvalue weighted by molar-refractivity contribution is 5.64. The molecule has 3 rings (SSSR count). The van der Waals surface area contributed by atoms with Gasteiger partial charge in [0.2, 0.25) is 0 Å². The fourth-order valence-electron chi connectivity index (χ4n) is 2.53. The van der Waals surface area contributed by atoms with E-state index in [4.69, 9.17) is 4.52 Å². The molecule has 0 amide bonds. The maximum absolute atomic E-state index is 5.48. The molecule has 100 valence electrons. The zero-order valence-corrected chi connectivity index (χ0v) is 11.2. The van der Waals surface area contributed by atoms with Gasteiger partial charge in [-0.2, -0.15) is 0 Å². The van der Waals surface area contributed by atoms with Gasteiger partial charge in [-0.05, 0) is 12.5 Å². The molecule has 4 nitrogen and oxygen atoms in total. The lowest BCUT2D eigenvalue weighted by Crippen LogP contribution is -2.42. The minimum Gasteiger partial charge on any atom is -0.356 e. The van der Waals surface area contributed by atoms with Gasteiger partial charge < -0.3 is 9.84 Å². The molecule has 1 saturated heterocycles. The first-order valence-electron chi connectivity index (χ1n) is 6.77. The molecule has 0 radical (unpaired) electrons. The molecule has 1 N–H and O–H groups in total. The van der Waals surface area contributed by atoms with Crippen LogP contribution in [0.2, 0.25) is 0 Å². The molecular formula is C15H19N3O. The lowest BCUT2D eigenvalue weighted by molar-refractivity contribution is 0.233. The van der Waals surface area contributed by atoms with E-state index < -0.39 is 0 Å². The second kappa shape index (κ2) is 5.55. The monoisotopic (exact) mass is 257 g/mol. The van der Waals surface area contributed by atoms with Crippen molar-refractivity contribution in [2.75, 3.05) is 26.2 Å². The topological polar surface area (TPSA) is 41.3 Å². The van der Waals surface area contributed by atoms with Crippen molar-refractivity contribution >= 4 is 0 Å². The standard InChI is InChI=1S/C15H19N3O/c1-12-4-2-3-5-14(12)15-13(10-17-19-15)11-18-8-6-16-7-9-18/h2-5,10,16H,6-9,11H2,1H3. The van der Waals surface area contributed by atoms with Gasteiger partial charge >= 0.3 is 0 Å². The number of rotatable bonds is 3. The zero-order chi connectivity index (χ0) is 13.1. The second-order valence-electron chi connectivity index (χ2n) is 5.02. The number of nitrogens with one attached hydrogen (secondary N) is 1. The maximum atomic E-state index is 5.48. The van der Waals surface area contributed by atoms with E-state index in [0.717, 1.165) is 44.0 Å². The van der Waals surface area contributed by atoms with Crippen molar-refractivity contribution in [2.45, 2.75) is 13.5 Å². The molecule has 0 bridgehead atoms. The Balaban J connectivity index is 1.84. The smallest absolute Gasteiger partial charge is 0.171 e. The van der Waals surface area contributed by atoms with Crippen molar-refractivity contribution in [1.82, 2.24) is 15.4 Å². The van der Waals surface area contributed by atoms with Crippen LogP contribution in [0.1, 0.15) is 11.1 Å². The van der Waals surface area contributed by atoms with Crippen LogP contribution in [0.4, 0.5) is 0 Å². The van der Waals surface area contributed by atoms with E-state index in [1.807, 2.05) is 18.3 Å². The van der Waals surface area contributed by atoms with E-state index in [2.05, 4.69) is 34.4 Å². The summed E-state index contributed by atoms with van der Waals surface area (Å²) >= 11 is 0. The fraction of sp³-hybridized carbons (Fsp3) is 0.400. The largest absolute Gasteiger partial charge is 0.356 e. The summed E-state index contributed by atoms with van der Waals surface area (Å²) in [5, 5.41) is 7.36. The average molecular weight is 257 g/mol. The van der Waals surface area contributed by atoms with Crippen LogP contribution in [0.5, 0.6) is 0 Å². The summed E-state index contributed by atoms with van der Waals surface area (Å²) in [6.45, 7) is 7.30. The summed E-state index contributed by atoms with van der Waals surface area (Å²) in [5.74, 6) is 0.914. The average Bonchev–Trinajstić information content (AvgIpc) is 2.88. The van der Waals surface area contributed by atoms with Gasteiger partial charge in [0.1, 0.15) is 0 Å². The Morgan fingerprint density at radius 2 is 2.05 bits per heavy atom. The van der Waals surface area contributed by atoms with Crippen LogP contribution in [-0.2, 0) is 6.54 Å². The molecule has 19 heavy (non-hydrogen) atoms. The number of nitrogens with zero attached hydrogens (tertiary/aromatic N) is 2. The third kappa shape index (κ3) is 2.69. The minimum absolute atomic E-state index is 0.912.